The maximum Gasteiger partial charge on any atom is 0.335 e. The maximum absolute atomic E-state index is 11.0. The number of carboxylic acid groups (broad SMARTS) is 1. The molecule has 2 heterocycles. The molecule has 0 aliphatic carbocycles. The highest BCUT2D eigenvalue weighted by Crippen LogP contribution is 2.27. The maximum atomic E-state index is 11.0. The van der Waals surface area contributed by atoms with E-state index in [1.54, 1.807) is 36.8 Å². The van der Waals surface area contributed by atoms with Crippen LogP contribution in [0.2, 0.25) is 0 Å². The van der Waals surface area contributed by atoms with Crippen molar-refractivity contribution in [3.63, 3.8) is 0 Å². The van der Waals surface area contributed by atoms with Crippen molar-refractivity contribution in [1.82, 2.24) is 9.97 Å². The summed E-state index contributed by atoms with van der Waals surface area (Å²) in [6.07, 6.45) is 6.38. The fourth-order valence-electron chi connectivity index (χ4n) is 2.64. The number of carbonyl (C=O) groups is 1. The molecule has 0 spiro atoms. The highest BCUT2D eigenvalue weighted by Gasteiger charge is 2.15. The van der Waals surface area contributed by atoms with Crippen LogP contribution in [0.3, 0.4) is 0 Å². The SMILES string of the molecule is C=CCc1c(CC)nc(-c2ccoc2)nc1Nc1ccc(C(=O)O)cc1. The van der Waals surface area contributed by atoms with Gasteiger partial charge in [0.05, 0.1) is 17.4 Å². The molecule has 132 valence electrons. The number of nitrogens with one attached hydrogen (secondary N) is 1. The molecule has 0 aliphatic rings. The zero-order chi connectivity index (χ0) is 18.5. The van der Waals surface area contributed by atoms with Crippen molar-refractivity contribution in [2.75, 3.05) is 5.32 Å². The van der Waals surface area contributed by atoms with Gasteiger partial charge in [-0.05, 0) is 43.2 Å². The van der Waals surface area contributed by atoms with Crippen molar-refractivity contribution < 1.29 is 14.3 Å². The zero-order valence-electron chi connectivity index (χ0n) is 14.4. The standard InChI is InChI=1S/C20H19N3O3/c1-3-5-16-17(4-2)22-18(14-10-11-26-12-14)23-19(16)21-15-8-6-13(7-9-15)20(24)25/h3,6-12H,1,4-5H2,2H3,(H,24,25)(H,21,22,23). The molecule has 0 unspecified atom stereocenters. The second-order valence-electron chi connectivity index (χ2n) is 5.69. The summed E-state index contributed by atoms with van der Waals surface area (Å²) < 4.78 is 5.14. The van der Waals surface area contributed by atoms with E-state index < -0.39 is 5.97 Å². The molecule has 0 aliphatic heterocycles. The lowest BCUT2D eigenvalue weighted by atomic mass is 10.1. The fraction of sp³-hybridized carbons (Fsp3) is 0.150. The molecule has 3 aromatic rings. The summed E-state index contributed by atoms with van der Waals surface area (Å²) in [7, 11) is 0. The molecule has 6 nitrogen and oxygen atoms in total. The monoisotopic (exact) mass is 349 g/mol. The van der Waals surface area contributed by atoms with E-state index in [1.807, 2.05) is 19.1 Å². The number of rotatable bonds is 7. The Balaban J connectivity index is 2.03. The Hall–Kier alpha value is -3.41. The Kier molecular flexibility index (Phi) is 5.12. The molecule has 26 heavy (non-hydrogen) atoms. The van der Waals surface area contributed by atoms with Crippen LogP contribution in [0.1, 0.15) is 28.5 Å². The van der Waals surface area contributed by atoms with Crippen molar-refractivity contribution in [2.45, 2.75) is 19.8 Å². The molecular weight excluding hydrogens is 330 g/mol. The first kappa shape index (κ1) is 17.4. The summed E-state index contributed by atoms with van der Waals surface area (Å²) in [6.45, 7) is 5.86. The number of hydrogen-bond donors (Lipinski definition) is 2. The summed E-state index contributed by atoms with van der Waals surface area (Å²) in [5.74, 6) is 0.297. The van der Waals surface area contributed by atoms with Gasteiger partial charge in [-0.1, -0.05) is 13.0 Å². The van der Waals surface area contributed by atoms with Gasteiger partial charge in [-0.15, -0.1) is 6.58 Å². The number of nitrogens with zero attached hydrogens (tertiary/aromatic N) is 2. The third-order valence-corrected chi connectivity index (χ3v) is 3.95. The quantitative estimate of drug-likeness (QED) is 0.612. The summed E-state index contributed by atoms with van der Waals surface area (Å²) >= 11 is 0. The first-order valence-corrected chi connectivity index (χ1v) is 8.26. The average molecular weight is 349 g/mol. The van der Waals surface area contributed by atoms with Gasteiger partial charge in [0.1, 0.15) is 12.1 Å². The molecular formula is C20H19N3O3. The molecule has 0 amide bonds. The van der Waals surface area contributed by atoms with Gasteiger partial charge in [0, 0.05) is 16.9 Å². The normalized spacial score (nSPS) is 10.5. The van der Waals surface area contributed by atoms with Gasteiger partial charge >= 0.3 is 5.97 Å². The molecule has 0 saturated heterocycles. The molecule has 2 aromatic heterocycles. The van der Waals surface area contributed by atoms with Gasteiger partial charge in [-0.25, -0.2) is 14.8 Å². The first-order chi connectivity index (χ1) is 12.6. The van der Waals surface area contributed by atoms with Crippen LogP contribution in [0.5, 0.6) is 0 Å². The molecule has 2 N–H and O–H groups in total. The van der Waals surface area contributed by atoms with Gasteiger partial charge in [0.15, 0.2) is 5.82 Å². The fourth-order valence-corrected chi connectivity index (χ4v) is 2.64. The zero-order valence-corrected chi connectivity index (χ0v) is 14.4. The minimum Gasteiger partial charge on any atom is -0.478 e. The van der Waals surface area contributed by atoms with Crippen molar-refractivity contribution >= 4 is 17.5 Å². The molecule has 0 fully saturated rings. The van der Waals surface area contributed by atoms with Crippen LogP contribution in [0.25, 0.3) is 11.4 Å². The first-order valence-electron chi connectivity index (χ1n) is 8.26. The van der Waals surface area contributed by atoms with E-state index >= 15 is 0 Å². The van der Waals surface area contributed by atoms with E-state index in [0.29, 0.717) is 18.1 Å². The Bertz CT molecular complexity index is 916. The van der Waals surface area contributed by atoms with Crippen molar-refractivity contribution in [3.05, 3.63) is 72.3 Å². The van der Waals surface area contributed by atoms with Gasteiger partial charge in [-0.2, -0.15) is 0 Å². The topological polar surface area (TPSA) is 88.3 Å². The number of benzene rings is 1. The molecule has 0 saturated carbocycles. The van der Waals surface area contributed by atoms with Gasteiger partial charge in [0.2, 0.25) is 0 Å². The van der Waals surface area contributed by atoms with Gasteiger partial charge in [0.25, 0.3) is 0 Å². The van der Waals surface area contributed by atoms with Crippen LogP contribution in [0.4, 0.5) is 11.5 Å². The van der Waals surface area contributed by atoms with E-state index in [0.717, 1.165) is 28.9 Å². The number of carboxylic acids is 1. The molecule has 1 aromatic carbocycles. The van der Waals surface area contributed by atoms with Crippen molar-refractivity contribution in [1.29, 1.82) is 0 Å². The van der Waals surface area contributed by atoms with E-state index in [-0.39, 0.29) is 5.56 Å². The van der Waals surface area contributed by atoms with Crippen LogP contribution in [-0.4, -0.2) is 21.0 Å². The predicted octanol–water partition coefficient (Wildman–Crippen LogP) is 4.47. The van der Waals surface area contributed by atoms with E-state index in [1.165, 1.54) is 0 Å². The van der Waals surface area contributed by atoms with E-state index in [4.69, 9.17) is 9.52 Å². The van der Waals surface area contributed by atoms with Crippen LogP contribution < -0.4 is 5.32 Å². The minimum absolute atomic E-state index is 0.234. The molecule has 3 rings (SSSR count). The Labute approximate surface area is 151 Å². The molecule has 0 radical (unpaired) electrons. The minimum atomic E-state index is -0.957. The highest BCUT2D eigenvalue weighted by atomic mass is 16.4. The van der Waals surface area contributed by atoms with Crippen LogP contribution in [0.15, 0.2) is 59.9 Å². The number of aryl methyl sites for hydroxylation is 1. The summed E-state index contributed by atoms with van der Waals surface area (Å²) in [5.41, 5.74) is 3.68. The lowest BCUT2D eigenvalue weighted by Gasteiger charge is -2.15. The number of furan rings is 1. The third-order valence-electron chi connectivity index (χ3n) is 3.95. The van der Waals surface area contributed by atoms with Crippen LogP contribution in [-0.2, 0) is 12.8 Å². The van der Waals surface area contributed by atoms with E-state index in [9.17, 15) is 4.79 Å². The van der Waals surface area contributed by atoms with Crippen LogP contribution >= 0.6 is 0 Å². The Morgan fingerprint density at radius 2 is 2.04 bits per heavy atom. The summed E-state index contributed by atoms with van der Waals surface area (Å²) in [6, 6.07) is 8.35. The largest absolute Gasteiger partial charge is 0.478 e. The smallest absolute Gasteiger partial charge is 0.335 e. The van der Waals surface area contributed by atoms with Crippen LogP contribution in [0, 0.1) is 0 Å². The third kappa shape index (κ3) is 3.64. The lowest BCUT2D eigenvalue weighted by Crippen LogP contribution is -2.07. The number of hydrogen-bond acceptors (Lipinski definition) is 5. The predicted molar refractivity (Wildman–Crippen MR) is 99.7 cm³/mol. The Morgan fingerprint density at radius 3 is 2.62 bits per heavy atom. The van der Waals surface area contributed by atoms with E-state index in [2.05, 4.69) is 21.9 Å². The summed E-state index contributed by atoms with van der Waals surface area (Å²) in [5, 5.41) is 12.3. The van der Waals surface area contributed by atoms with Gasteiger partial charge in [-0.3, -0.25) is 0 Å². The number of aromatic nitrogens is 2. The molecule has 0 atom stereocenters. The number of allylic oxidation sites excluding steroid dienone is 1. The second kappa shape index (κ2) is 7.65. The van der Waals surface area contributed by atoms with Crippen molar-refractivity contribution in [2.24, 2.45) is 0 Å². The number of aromatic carboxylic acids is 1. The van der Waals surface area contributed by atoms with Crippen molar-refractivity contribution in [3.8, 4) is 11.4 Å². The average Bonchev–Trinajstić information content (AvgIpc) is 3.18. The lowest BCUT2D eigenvalue weighted by molar-refractivity contribution is 0.0697. The number of anilines is 2. The second-order valence-corrected chi connectivity index (χ2v) is 5.69. The molecule has 6 heteroatoms. The van der Waals surface area contributed by atoms with Gasteiger partial charge < -0.3 is 14.8 Å². The molecule has 0 bridgehead atoms. The highest BCUT2D eigenvalue weighted by molar-refractivity contribution is 5.88. The summed E-state index contributed by atoms with van der Waals surface area (Å²) in [4.78, 5) is 20.3. The Morgan fingerprint density at radius 1 is 1.27 bits per heavy atom.